The Morgan fingerprint density at radius 1 is 1.17 bits per heavy atom. The van der Waals surface area contributed by atoms with Crippen LogP contribution in [0.25, 0.3) is 0 Å². The third-order valence-corrected chi connectivity index (χ3v) is 2.56. The minimum absolute atomic E-state index is 0.556. The van der Waals surface area contributed by atoms with Crippen LogP contribution in [-0.4, -0.2) is 6.29 Å². The number of aryl methyl sites for hydroxylation is 1. The lowest BCUT2D eigenvalue weighted by Gasteiger charge is -2.08. The molecule has 0 N–H and O–H groups in total. The number of carbonyl (C=O) groups excluding carboxylic acids is 1. The highest BCUT2D eigenvalue weighted by Crippen LogP contribution is 2.26. The first-order valence-electron chi connectivity index (χ1n) is 5.47. The van der Waals surface area contributed by atoms with Gasteiger partial charge in [0, 0.05) is 5.56 Å². The molecule has 0 saturated carbocycles. The summed E-state index contributed by atoms with van der Waals surface area (Å²) in [6, 6.07) is 14.2. The Labute approximate surface area is 105 Å². The second-order valence-electron chi connectivity index (χ2n) is 3.88. The fourth-order valence-electron chi connectivity index (χ4n) is 1.52. The molecule has 0 atom stereocenters. The van der Waals surface area contributed by atoms with Gasteiger partial charge in [-0.1, -0.05) is 6.07 Å². The number of hydrogen-bond acceptors (Lipinski definition) is 3. The Balaban J connectivity index is 2.27. The number of aldehydes is 1. The molecule has 2 aromatic carbocycles. The summed E-state index contributed by atoms with van der Waals surface area (Å²) in [4.78, 5) is 10.5. The Hall–Kier alpha value is -2.60. The number of nitriles is 1. The Morgan fingerprint density at radius 2 is 1.89 bits per heavy atom. The molecule has 0 unspecified atom stereocenters. The van der Waals surface area contributed by atoms with Crippen molar-refractivity contribution in [2.75, 3.05) is 0 Å². The van der Waals surface area contributed by atoms with E-state index in [1.165, 1.54) is 0 Å². The second-order valence-corrected chi connectivity index (χ2v) is 3.88. The highest BCUT2D eigenvalue weighted by atomic mass is 16.5. The first-order valence-corrected chi connectivity index (χ1v) is 5.47. The molecule has 0 aliphatic carbocycles. The van der Waals surface area contributed by atoms with E-state index in [1.54, 1.807) is 36.4 Å². The summed E-state index contributed by atoms with van der Waals surface area (Å²) in [7, 11) is 0. The quantitative estimate of drug-likeness (QED) is 0.768. The molecule has 0 heterocycles. The molecule has 3 nitrogen and oxygen atoms in total. The third-order valence-electron chi connectivity index (χ3n) is 2.56. The first kappa shape index (κ1) is 11.9. The van der Waals surface area contributed by atoms with Crippen molar-refractivity contribution in [2.45, 2.75) is 6.92 Å². The van der Waals surface area contributed by atoms with Crippen molar-refractivity contribution in [2.24, 2.45) is 0 Å². The van der Waals surface area contributed by atoms with Crippen molar-refractivity contribution in [3.8, 4) is 17.6 Å². The van der Waals surface area contributed by atoms with Gasteiger partial charge in [-0.3, -0.25) is 4.79 Å². The van der Waals surface area contributed by atoms with Crippen LogP contribution in [0.5, 0.6) is 11.5 Å². The molecule has 0 saturated heterocycles. The third kappa shape index (κ3) is 2.55. The topological polar surface area (TPSA) is 50.1 Å². The van der Waals surface area contributed by atoms with Gasteiger partial charge in [-0.05, 0) is 48.9 Å². The summed E-state index contributed by atoms with van der Waals surface area (Å²) >= 11 is 0. The molecule has 0 aliphatic rings. The molecular weight excluding hydrogens is 226 g/mol. The van der Waals surface area contributed by atoms with Gasteiger partial charge in [-0.15, -0.1) is 0 Å². The molecule has 3 heteroatoms. The minimum atomic E-state index is 0.556. The predicted octanol–water partition coefficient (Wildman–Crippen LogP) is 3.47. The standard InChI is InChI=1S/C15H11NO2/c1-11-2-3-13(9-16)8-15(11)18-14-6-4-12(10-17)5-7-14/h2-8,10H,1H3. The van der Waals surface area contributed by atoms with Crippen molar-refractivity contribution in [3.05, 3.63) is 59.2 Å². The average Bonchev–Trinajstić information content (AvgIpc) is 2.42. The SMILES string of the molecule is Cc1ccc(C#N)cc1Oc1ccc(C=O)cc1. The van der Waals surface area contributed by atoms with Gasteiger partial charge in [0.25, 0.3) is 0 Å². The highest BCUT2D eigenvalue weighted by molar-refractivity contribution is 5.74. The molecule has 0 amide bonds. The second kappa shape index (κ2) is 5.15. The smallest absolute Gasteiger partial charge is 0.150 e. The summed E-state index contributed by atoms with van der Waals surface area (Å²) in [6.07, 6.45) is 0.783. The van der Waals surface area contributed by atoms with E-state index in [-0.39, 0.29) is 0 Å². The van der Waals surface area contributed by atoms with Gasteiger partial charge >= 0.3 is 0 Å². The number of nitrogens with zero attached hydrogens (tertiary/aromatic N) is 1. The summed E-state index contributed by atoms with van der Waals surface area (Å²) in [5, 5.41) is 8.84. The molecule has 2 aromatic rings. The minimum Gasteiger partial charge on any atom is -0.457 e. The van der Waals surface area contributed by atoms with E-state index in [0.717, 1.165) is 11.8 Å². The van der Waals surface area contributed by atoms with Crippen LogP contribution in [0.15, 0.2) is 42.5 Å². The average molecular weight is 237 g/mol. The lowest BCUT2D eigenvalue weighted by molar-refractivity contribution is 0.112. The van der Waals surface area contributed by atoms with Crippen LogP contribution in [0.2, 0.25) is 0 Å². The zero-order valence-electron chi connectivity index (χ0n) is 9.88. The van der Waals surface area contributed by atoms with E-state index < -0.39 is 0 Å². The number of ether oxygens (including phenoxy) is 1. The van der Waals surface area contributed by atoms with E-state index in [1.807, 2.05) is 13.0 Å². The summed E-state index contributed by atoms with van der Waals surface area (Å²) in [5.41, 5.74) is 2.11. The molecule has 88 valence electrons. The number of benzene rings is 2. The molecule has 2 rings (SSSR count). The molecule has 0 aromatic heterocycles. The van der Waals surface area contributed by atoms with Crippen LogP contribution < -0.4 is 4.74 Å². The predicted molar refractivity (Wildman–Crippen MR) is 67.8 cm³/mol. The van der Waals surface area contributed by atoms with Crippen LogP contribution in [0.1, 0.15) is 21.5 Å². The fraction of sp³-hybridized carbons (Fsp3) is 0.0667. The maximum atomic E-state index is 10.5. The van der Waals surface area contributed by atoms with Crippen molar-refractivity contribution in [3.63, 3.8) is 0 Å². The monoisotopic (exact) mass is 237 g/mol. The Morgan fingerprint density at radius 3 is 2.50 bits per heavy atom. The highest BCUT2D eigenvalue weighted by Gasteiger charge is 2.03. The molecule has 0 bridgehead atoms. The molecule has 0 aliphatic heterocycles. The molecule has 0 fully saturated rings. The zero-order valence-corrected chi connectivity index (χ0v) is 9.88. The Bertz CT molecular complexity index is 609. The van der Waals surface area contributed by atoms with Crippen LogP contribution in [-0.2, 0) is 0 Å². The number of carbonyl (C=O) groups is 1. The van der Waals surface area contributed by atoms with Gasteiger partial charge in [0.15, 0.2) is 0 Å². The number of rotatable bonds is 3. The van der Waals surface area contributed by atoms with E-state index >= 15 is 0 Å². The van der Waals surface area contributed by atoms with Crippen LogP contribution in [0.3, 0.4) is 0 Å². The van der Waals surface area contributed by atoms with Gasteiger partial charge in [0.05, 0.1) is 11.6 Å². The van der Waals surface area contributed by atoms with Crippen LogP contribution in [0.4, 0.5) is 0 Å². The maximum Gasteiger partial charge on any atom is 0.150 e. The normalized spacial score (nSPS) is 9.56. The fourth-order valence-corrected chi connectivity index (χ4v) is 1.52. The maximum absolute atomic E-state index is 10.5. The van der Waals surface area contributed by atoms with Crippen LogP contribution in [0, 0.1) is 18.3 Å². The van der Waals surface area contributed by atoms with Crippen molar-refractivity contribution >= 4 is 6.29 Å². The lowest BCUT2D eigenvalue weighted by atomic mass is 10.1. The molecule has 0 spiro atoms. The van der Waals surface area contributed by atoms with Crippen molar-refractivity contribution in [1.29, 1.82) is 5.26 Å². The first-order chi connectivity index (χ1) is 8.72. The summed E-state index contributed by atoms with van der Waals surface area (Å²) in [6.45, 7) is 1.91. The summed E-state index contributed by atoms with van der Waals surface area (Å²) in [5.74, 6) is 1.28. The van der Waals surface area contributed by atoms with E-state index in [2.05, 4.69) is 6.07 Å². The van der Waals surface area contributed by atoms with Gasteiger partial charge in [0.1, 0.15) is 17.8 Å². The van der Waals surface area contributed by atoms with E-state index in [4.69, 9.17) is 10.00 Å². The van der Waals surface area contributed by atoms with Crippen molar-refractivity contribution < 1.29 is 9.53 Å². The molecular formula is C15H11NO2. The zero-order chi connectivity index (χ0) is 13.0. The summed E-state index contributed by atoms with van der Waals surface area (Å²) < 4.78 is 5.68. The van der Waals surface area contributed by atoms with E-state index in [0.29, 0.717) is 22.6 Å². The largest absolute Gasteiger partial charge is 0.457 e. The lowest BCUT2D eigenvalue weighted by Crippen LogP contribution is -1.89. The van der Waals surface area contributed by atoms with E-state index in [9.17, 15) is 4.79 Å². The van der Waals surface area contributed by atoms with Gasteiger partial charge < -0.3 is 4.74 Å². The number of hydrogen-bond donors (Lipinski definition) is 0. The van der Waals surface area contributed by atoms with Gasteiger partial charge in [-0.2, -0.15) is 5.26 Å². The van der Waals surface area contributed by atoms with Gasteiger partial charge in [0.2, 0.25) is 0 Å². The Kier molecular flexibility index (Phi) is 3.40. The molecule has 18 heavy (non-hydrogen) atoms. The van der Waals surface area contributed by atoms with Crippen LogP contribution >= 0.6 is 0 Å². The molecule has 0 radical (unpaired) electrons. The van der Waals surface area contributed by atoms with Crippen molar-refractivity contribution in [1.82, 2.24) is 0 Å². The van der Waals surface area contributed by atoms with Gasteiger partial charge in [-0.25, -0.2) is 0 Å².